The molecule has 1 radical (unpaired) electrons. The van der Waals surface area contributed by atoms with Crippen LogP contribution in [0.15, 0.2) is 48.5 Å². The number of hydrogen-bond donors (Lipinski definition) is 1. The number of nitrogens with one attached hydrogen (secondary N) is 1. The van der Waals surface area contributed by atoms with E-state index in [4.69, 9.17) is 14.2 Å². The zero-order valence-electron chi connectivity index (χ0n) is 26.3. The third kappa shape index (κ3) is 9.89. The van der Waals surface area contributed by atoms with E-state index in [-0.39, 0.29) is 24.5 Å². The Morgan fingerprint density at radius 2 is 1.64 bits per heavy atom. The van der Waals surface area contributed by atoms with Crippen LogP contribution in [0, 0.1) is 12.8 Å². The lowest BCUT2D eigenvalue weighted by Gasteiger charge is -2.33. The molecule has 3 atom stereocenters. The number of ether oxygens (including phenoxy) is 3. The highest BCUT2D eigenvalue weighted by molar-refractivity contribution is 5.85. The molecule has 11 heteroatoms. The van der Waals surface area contributed by atoms with Crippen molar-refractivity contribution in [1.82, 2.24) is 25.5 Å². The average Bonchev–Trinajstić information content (AvgIpc) is 3.53. The standard InChI is InChI=1S/C33H44N5O6/c1-7-9-13-23(5)42-33(41)44-24(6)43-32(40)30(22(3)4)38(29(39)16-10-8-2)21-25-17-19-26(20-18-25)27-14-11-12-15-28(27)31-34-36-37-35-31/h11-12,14-15,17-20,22-24,30H,1,7-10,13,16,21H2,2-6H3,(H,34,35,36,37)/t23-,24?,30-/m0/s1. The molecule has 0 saturated carbocycles. The van der Waals surface area contributed by atoms with Crippen LogP contribution in [0.1, 0.15) is 78.7 Å². The zero-order chi connectivity index (χ0) is 32.1. The molecule has 1 heterocycles. The van der Waals surface area contributed by atoms with Crippen molar-refractivity contribution in [2.75, 3.05) is 0 Å². The number of aromatic nitrogens is 4. The third-order valence-corrected chi connectivity index (χ3v) is 7.12. The number of H-pyrrole nitrogens is 1. The van der Waals surface area contributed by atoms with Crippen molar-refractivity contribution in [3.63, 3.8) is 0 Å². The predicted octanol–water partition coefficient (Wildman–Crippen LogP) is 6.51. The van der Waals surface area contributed by atoms with Gasteiger partial charge in [0.1, 0.15) is 12.1 Å². The van der Waals surface area contributed by atoms with Crippen LogP contribution in [0.3, 0.4) is 0 Å². The molecule has 11 nitrogen and oxygen atoms in total. The topological polar surface area (TPSA) is 137 Å². The highest BCUT2D eigenvalue weighted by Crippen LogP contribution is 2.30. The molecule has 0 aliphatic heterocycles. The molecule has 1 unspecified atom stereocenters. The first-order chi connectivity index (χ1) is 21.1. The molecule has 3 aromatic rings. The van der Waals surface area contributed by atoms with Crippen molar-refractivity contribution >= 4 is 18.0 Å². The van der Waals surface area contributed by atoms with Crippen molar-refractivity contribution in [3.8, 4) is 22.5 Å². The average molecular weight is 607 g/mol. The molecule has 0 aliphatic rings. The quantitative estimate of drug-likeness (QED) is 0.143. The maximum absolute atomic E-state index is 13.5. The highest BCUT2D eigenvalue weighted by atomic mass is 16.8. The Labute approximate surface area is 259 Å². The molecule has 0 spiro atoms. The van der Waals surface area contributed by atoms with Gasteiger partial charge in [-0.1, -0.05) is 89.1 Å². The smallest absolute Gasteiger partial charge is 0.431 e. The van der Waals surface area contributed by atoms with Gasteiger partial charge in [-0.2, -0.15) is 0 Å². The van der Waals surface area contributed by atoms with Crippen LogP contribution < -0.4 is 0 Å². The number of hydrogen-bond acceptors (Lipinski definition) is 9. The van der Waals surface area contributed by atoms with Crippen LogP contribution in [0.5, 0.6) is 0 Å². The van der Waals surface area contributed by atoms with Gasteiger partial charge in [0.2, 0.25) is 12.2 Å². The Kier molecular flexibility index (Phi) is 13.3. The second kappa shape index (κ2) is 17.1. The SMILES string of the molecule is [CH2]CCC[C@H](C)OC(=O)OC(C)OC(=O)[C@H](C(C)C)N(Cc1ccc(-c2ccccc2-c2nnn[nH]2)cc1)C(=O)CCCC. The maximum Gasteiger partial charge on any atom is 0.511 e. The van der Waals surface area contributed by atoms with Crippen LogP contribution in [0.4, 0.5) is 4.79 Å². The number of unbranched alkanes of at least 4 members (excludes halogenated alkanes) is 2. The number of nitrogens with zero attached hydrogens (tertiary/aromatic N) is 4. The molecule has 0 aliphatic carbocycles. The highest BCUT2D eigenvalue weighted by Gasteiger charge is 2.35. The first-order valence-electron chi connectivity index (χ1n) is 15.2. The summed E-state index contributed by atoms with van der Waals surface area (Å²) < 4.78 is 15.9. The summed E-state index contributed by atoms with van der Waals surface area (Å²) >= 11 is 0. The van der Waals surface area contributed by atoms with Gasteiger partial charge in [0, 0.05) is 25.5 Å². The zero-order valence-corrected chi connectivity index (χ0v) is 26.3. The van der Waals surface area contributed by atoms with Crippen LogP contribution in [-0.4, -0.2) is 62.0 Å². The van der Waals surface area contributed by atoms with E-state index in [2.05, 4.69) is 27.5 Å². The number of esters is 1. The molecule has 237 valence electrons. The van der Waals surface area contributed by atoms with Crippen molar-refractivity contribution in [1.29, 1.82) is 0 Å². The molecule has 0 bridgehead atoms. The van der Waals surface area contributed by atoms with E-state index in [0.29, 0.717) is 25.1 Å². The van der Waals surface area contributed by atoms with Gasteiger partial charge in [-0.15, -0.1) is 5.10 Å². The fourth-order valence-electron chi connectivity index (χ4n) is 4.85. The van der Waals surface area contributed by atoms with E-state index in [1.807, 2.05) is 69.3 Å². The van der Waals surface area contributed by atoms with Gasteiger partial charge in [-0.05, 0) is 59.2 Å². The van der Waals surface area contributed by atoms with Gasteiger partial charge in [0.25, 0.3) is 0 Å². The lowest BCUT2D eigenvalue weighted by Crippen LogP contribution is -2.49. The fraction of sp³-hybridized carbons (Fsp3) is 0.485. The molecule has 1 aromatic heterocycles. The number of benzene rings is 2. The van der Waals surface area contributed by atoms with Crippen LogP contribution in [0.2, 0.25) is 0 Å². The summed E-state index contributed by atoms with van der Waals surface area (Å²) in [6.45, 7) is 12.9. The number of aromatic amines is 1. The molecule has 1 N–H and O–H groups in total. The molecular weight excluding hydrogens is 562 g/mol. The molecule has 0 saturated heterocycles. The number of tetrazole rings is 1. The Bertz CT molecular complexity index is 1330. The summed E-state index contributed by atoms with van der Waals surface area (Å²) in [5.41, 5.74) is 3.60. The number of carbonyl (C=O) groups excluding carboxylic acids is 3. The first-order valence-corrected chi connectivity index (χ1v) is 15.2. The lowest BCUT2D eigenvalue weighted by molar-refractivity contribution is -0.179. The Hall–Kier alpha value is -4.28. The minimum absolute atomic E-state index is 0.151. The first kappa shape index (κ1) is 34.2. The Balaban J connectivity index is 1.77. The van der Waals surface area contributed by atoms with Gasteiger partial charge in [0.05, 0.1) is 0 Å². The largest absolute Gasteiger partial charge is 0.511 e. The molecule has 1 amide bonds. The summed E-state index contributed by atoms with van der Waals surface area (Å²) in [6.07, 6.45) is 1.58. The predicted molar refractivity (Wildman–Crippen MR) is 166 cm³/mol. The Morgan fingerprint density at radius 1 is 0.932 bits per heavy atom. The number of amides is 1. The summed E-state index contributed by atoms with van der Waals surface area (Å²) in [4.78, 5) is 40.7. The van der Waals surface area contributed by atoms with E-state index in [0.717, 1.165) is 41.5 Å². The van der Waals surface area contributed by atoms with Gasteiger partial charge in [-0.25, -0.2) is 14.7 Å². The van der Waals surface area contributed by atoms with E-state index in [1.165, 1.54) is 6.92 Å². The summed E-state index contributed by atoms with van der Waals surface area (Å²) in [5.74, 6) is -0.509. The van der Waals surface area contributed by atoms with Crippen LogP contribution >= 0.6 is 0 Å². The normalized spacial score (nSPS) is 13.2. The minimum atomic E-state index is -1.19. The molecule has 44 heavy (non-hydrogen) atoms. The second-order valence-corrected chi connectivity index (χ2v) is 11.1. The summed E-state index contributed by atoms with van der Waals surface area (Å²) in [6, 6.07) is 14.7. The van der Waals surface area contributed by atoms with Gasteiger partial charge >= 0.3 is 12.1 Å². The van der Waals surface area contributed by atoms with Gasteiger partial charge in [-0.3, -0.25) is 4.79 Å². The van der Waals surface area contributed by atoms with Crippen molar-refractivity contribution in [3.05, 3.63) is 61.0 Å². The minimum Gasteiger partial charge on any atom is -0.431 e. The number of carbonyl (C=O) groups is 3. The van der Waals surface area contributed by atoms with Crippen LogP contribution in [0.25, 0.3) is 22.5 Å². The van der Waals surface area contributed by atoms with E-state index in [1.54, 1.807) is 11.8 Å². The lowest BCUT2D eigenvalue weighted by atomic mass is 9.97. The maximum atomic E-state index is 13.5. The van der Waals surface area contributed by atoms with E-state index < -0.39 is 24.5 Å². The fourth-order valence-corrected chi connectivity index (χ4v) is 4.85. The van der Waals surface area contributed by atoms with Crippen molar-refractivity contribution in [2.24, 2.45) is 5.92 Å². The second-order valence-electron chi connectivity index (χ2n) is 11.1. The van der Waals surface area contributed by atoms with Crippen molar-refractivity contribution in [2.45, 2.75) is 98.1 Å². The van der Waals surface area contributed by atoms with Crippen molar-refractivity contribution < 1.29 is 28.6 Å². The summed E-state index contributed by atoms with van der Waals surface area (Å²) in [7, 11) is 0. The van der Waals surface area contributed by atoms with Crippen LogP contribution in [-0.2, 0) is 30.3 Å². The number of rotatable bonds is 16. The molecule has 2 aromatic carbocycles. The van der Waals surface area contributed by atoms with Gasteiger partial charge < -0.3 is 19.1 Å². The molecular formula is C33H44N5O6. The Morgan fingerprint density at radius 3 is 2.25 bits per heavy atom. The monoisotopic (exact) mass is 606 g/mol. The van der Waals surface area contributed by atoms with E-state index >= 15 is 0 Å². The van der Waals surface area contributed by atoms with E-state index in [9.17, 15) is 14.4 Å². The van der Waals surface area contributed by atoms with Gasteiger partial charge in [0.15, 0.2) is 5.82 Å². The third-order valence-electron chi connectivity index (χ3n) is 7.12. The molecule has 3 rings (SSSR count). The summed E-state index contributed by atoms with van der Waals surface area (Å²) in [5, 5.41) is 14.2. The molecule has 0 fully saturated rings.